The Morgan fingerprint density at radius 2 is 1.95 bits per heavy atom. The average Bonchev–Trinajstić information content (AvgIpc) is 2.38. The number of anilines is 3. The lowest BCUT2D eigenvalue weighted by Crippen LogP contribution is -2.45. The third-order valence-corrected chi connectivity index (χ3v) is 4.02. The number of fused-ring (bicyclic) bond motifs is 1. The van der Waals surface area contributed by atoms with Gasteiger partial charge in [0.1, 0.15) is 11.6 Å². The number of hydrogen-bond donors (Lipinski definition) is 2. The summed E-state index contributed by atoms with van der Waals surface area (Å²) < 4.78 is 0. The summed E-state index contributed by atoms with van der Waals surface area (Å²) in [6.07, 6.45) is 2.16. The second kappa shape index (κ2) is 4.85. The third kappa shape index (κ3) is 2.45. The van der Waals surface area contributed by atoms with Crippen LogP contribution < -0.4 is 16.0 Å². The van der Waals surface area contributed by atoms with Gasteiger partial charge in [-0.3, -0.25) is 0 Å². The molecule has 19 heavy (non-hydrogen) atoms. The molecule has 1 atom stereocenters. The predicted octanol–water partition coefficient (Wildman–Crippen LogP) is 0.557. The first-order chi connectivity index (χ1) is 9.13. The maximum Gasteiger partial charge on any atom is 0.223 e. The summed E-state index contributed by atoms with van der Waals surface area (Å²) in [5.74, 6) is 2.34. The van der Waals surface area contributed by atoms with E-state index in [0.717, 1.165) is 50.7 Å². The molecule has 104 valence electrons. The number of likely N-dealkylation sites (N-methyl/N-ethyl adjacent to an activating group) is 1. The second-order valence-electron chi connectivity index (χ2n) is 5.61. The van der Waals surface area contributed by atoms with Crippen molar-refractivity contribution in [3.05, 3.63) is 5.56 Å². The summed E-state index contributed by atoms with van der Waals surface area (Å²) in [5.41, 5.74) is 7.10. The molecule has 0 aromatic carbocycles. The zero-order valence-electron chi connectivity index (χ0n) is 11.7. The molecule has 6 nitrogen and oxygen atoms in total. The molecule has 1 unspecified atom stereocenters. The first-order valence-corrected chi connectivity index (χ1v) is 7.00. The van der Waals surface area contributed by atoms with E-state index in [0.29, 0.717) is 12.0 Å². The fourth-order valence-electron chi connectivity index (χ4n) is 2.78. The molecule has 2 aliphatic rings. The van der Waals surface area contributed by atoms with Gasteiger partial charge in [0.05, 0.1) is 0 Å². The quantitative estimate of drug-likeness (QED) is 0.770. The molecule has 0 amide bonds. The molecule has 1 aromatic heterocycles. The molecule has 6 heteroatoms. The Morgan fingerprint density at radius 1 is 1.21 bits per heavy atom. The van der Waals surface area contributed by atoms with Gasteiger partial charge in [-0.2, -0.15) is 9.97 Å². The number of hydrogen-bond acceptors (Lipinski definition) is 6. The third-order valence-electron chi connectivity index (χ3n) is 4.02. The number of nitrogen functional groups attached to an aromatic ring is 1. The van der Waals surface area contributed by atoms with E-state index in [1.54, 1.807) is 0 Å². The fourth-order valence-corrected chi connectivity index (χ4v) is 2.78. The Morgan fingerprint density at radius 3 is 2.68 bits per heavy atom. The van der Waals surface area contributed by atoms with Crippen LogP contribution in [0.25, 0.3) is 0 Å². The van der Waals surface area contributed by atoms with Gasteiger partial charge in [-0.1, -0.05) is 0 Å². The highest BCUT2D eigenvalue weighted by molar-refractivity contribution is 5.63. The molecule has 0 bridgehead atoms. The van der Waals surface area contributed by atoms with Crippen LogP contribution in [0.3, 0.4) is 0 Å². The largest absolute Gasteiger partial charge is 0.368 e. The summed E-state index contributed by atoms with van der Waals surface area (Å²) >= 11 is 0. The Bertz CT molecular complexity index is 466. The van der Waals surface area contributed by atoms with Crippen molar-refractivity contribution in [3.63, 3.8) is 0 Å². The Labute approximate surface area is 114 Å². The molecular formula is C13H22N6. The van der Waals surface area contributed by atoms with E-state index < -0.39 is 0 Å². The van der Waals surface area contributed by atoms with Crippen LogP contribution in [0.15, 0.2) is 0 Å². The van der Waals surface area contributed by atoms with Crippen LogP contribution in [0.4, 0.5) is 17.6 Å². The van der Waals surface area contributed by atoms with Gasteiger partial charge < -0.3 is 20.9 Å². The van der Waals surface area contributed by atoms with Crippen molar-refractivity contribution in [2.75, 3.05) is 49.2 Å². The first-order valence-electron chi connectivity index (χ1n) is 7.00. The monoisotopic (exact) mass is 262 g/mol. The van der Waals surface area contributed by atoms with E-state index in [2.05, 4.69) is 39.1 Å². The van der Waals surface area contributed by atoms with Crippen molar-refractivity contribution >= 4 is 17.6 Å². The highest BCUT2D eigenvalue weighted by Gasteiger charge is 2.25. The molecule has 0 saturated carbocycles. The summed E-state index contributed by atoms with van der Waals surface area (Å²) in [6.45, 7) is 6.34. The minimum atomic E-state index is 0.370. The molecule has 3 N–H and O–H groups in total. The Kier molecular flexibility index (Phi) is 3.18. The highest BCUT2D eigenvalue weighted by atomic mass is 15.3. The summed E-state index contributed by atoms with van der Waals surface area (Å²) in [6, 6.07) is 0.460. The van der Waals surface area contributed by atoms with Crippen molar-refractivity contribution < 1.29 is 0 Å². The normalized spacial score (nSPS) is 23.9. The van der Waals surface area contributed by atoms with Gasteiger partial charge >= 0.3 is 0 Å². The van der Waals surface area contributed by atoms with Gasteiger partial charge in [-0.05, 0) is 26.8 Å². The molecule has 1 saturated heterocycles. The Hall–Kier alpha value is -1.56. The SMILES string of the molecule is CC1CCc2c(nc(N)nc2N2CCN(C)CC2)N1. The Balaban J connectivity index is 1.92. The van der Waals surface area contributed by atoms with Gasteiger partial charge in [0.2, 0.25) is 5.95 Å². The van der Waals surface area contributed by atoms with Crippen molar-refractivity contribution in [3.8, 4) is 0 Å². The zero-order chi connectivity index (χ0) is 13.4. The van der Waals surface area contributed by atoms with Crippen LogP contribution >= 0.6 is 0 Å². The van der Waals surface area contributed by atoms with Gasteiger partial charge in [0, 0.05) is 37.8 Å². The smallest absolute Gasteiger partial charge is 0.223 e. The van der Waals surface area contributed by atoms with Crippen molar-refractivity contribution in [2.45, 2.75) is 25.8 Å². The lowest BCUT2D eigenvalue weighted by Gasteiger charge is -2.35. The van der Waals surface area contributed by atoms with Crippen molar-refractivity contribution in [2.24, 2.45) is 0 Å². The summed E-state index contributed by atoms with van der Waals surface area (Å²) in [7, 11) is 2.16. The topological polar surface area (TPSA) is 70.3 Å². The molecule has 1 aromatic rings. The average molecular weight is 262 g/mol. The van der Waals surface area contributed by atoms with E-state index in [-0.39, 0.29) is 0 Å². The minimum Gasteiger partial charge on any atom is -0.368 e. The fraction of sp³-hybridized carbons (Fsp3) is 0.692. The van der Waals surface area contributed by atoms with E-state index in [4.69, 9.17) is 5.73 Å². The maximum absolute atomic E-state index is 5.86. The lowest BCUT2D eigenvalue weighted by molar-refractivity contribution is 0.311. The summed E-state index contributed by atoms with van der Waals surface area (Å²) in [5, 5.41) is 3.42. The molecule has 0 spiro atoms. The van der Waals surface area contributed by atoms with E-state index >= 15 is 0 Å². The lowest BCUT2D eigenvalue weighted by atomic mass is 10.0. The molecule has 2 aliphatic heterocycles. The van der Waals surface area contributed by atoms with Gasteiger partial charge in [-0.15, -0.1) is 0 Å². The number of nitrogens with two attached hydrogens (primary N) is 1. The van der Waals surface area contributed by atoms with Crippen LogP contribution in [0.5, 0.6) is 0 Å². The second-order valence-corrected chi connectivity index (χ2v) is 5.61. The number of rotatable bonds is 1. The summed E-state index contributed by atoms with van der Waals surface area (Å²) in [4.78, 5) is 13.5. The molecular weight excluding hydrogens is 240 g/mol. The minimum absolute atomic E-state index is 0.370. The van der Waals surface area contributed by atoms with E-state index in [9.17, 15) is 0 Å². The van der Waals surface area contributed by atoms with Crippen LogP contribution in [0, 0.1) is 0 Å². The van der Waals surface area contributed by atoms with E-state index in [1.165, 1.54) is 5.56 Å². The molecule has 3 rings (SSSR count). The number of nitrogens with zero attached hydrogens (tertiary/aromatic N) is 4. The maximum atomic E-state index is 5.86. The molecule has 1 fully saturated rings. The van der Waals surface area contributed by atoms with Crippen LogP contribution in [-0.4, -0.2) is 54.1 Å². The standard InChI is InChI=1S/C13H22N6/c1-9-3-4-10-11(15-9)16-13(14)17-12(10)19-7-5-18(2)6-8-19/h9H,3-8H2,1-2H3,(H3,14,15,16,17). The van der Waals surface area contributed by atoms with Crippen LogP contribution in [0.2, 0.25) is 0 Å². The van der Waals surface area contributed by atoms with Gasteiger partial charge in [-0.25, -0.2) is 0 Å². The predicted molar refractivity (Wildman–Crippen MR) is 77.6 cm³/mol. The molecule has 0 radical (unpaired) electrons. The number of piperazine rings is 1. The number of aromatic nitrogens is 2. The number of nitrogens with one attached hydrogen (secondary N) is 1. The molecule has 0 aliphatic carbocycles. The first kappa shape index (κ1) is 12.5. The van der Waals surface area contributed by atoms with Crippen molar-refractivity contribution in [1.82, 2.24) is 14.9 Å². The van der Waals surface area contributed by atoms with Crippen LogP contribution in [0.1, 0.15) is 18.9 Å². The highest BCUT2D eigenvalue weighted by Crippen LogP contribution is 2.31. The zero-order valence-corrected chi connectivity index (χ0v) is 11.7. The molecule has 3 heterocycles. The van der Waals surface area contributed by atoms with E-state index in [1.807, 2.05) is 0 Å². The van der Waals surface area contributed by atoms with Crippen LogP contribution in [-0.2, 0) is 6.42 Å². The van der Waals surface area contributed by atoms with Gasteiger partial charge in [0.25, 0.3) is 0 Å². The van der Waals surface area contributed by atoms with Gasteiger partial charge in [0.15, 0.2) is 0 Å². The van der Waals surface area contributed by atoms with Crippen molar-refractivity contribution in [1.29, 1.82) is 0 Å².